The Balaban J connectivity index is 2.05. The number of anilines is 1. The summed E-state index contributed by atoms with van der Waals surface area (Å²) in [6.07, 6.45) is 0. The highest BCUT2D eigenvalue weighted by Gasteiger charge is 2.35. The standard InChI is InChI=1S/C15H23N3O2/c1-15(2,18-8-6-16-7-9-18)14(20)17-13-5-3-4-12(10-13)11-19/h3-5,10,16,19H,6-9,11H2,1-2H3,(H,17,20). The first-order valence-corrected chi connectivity index (χ1v) is 7.01. The Morgan fingerprint density at radius 2 is 2.10 bits per heavy atom. The SMILES string of the molecule is CC(C)(C(=O)Nc1cccc(CO)c1)N1CCNCC1. The third-order valence-electron chi connectivity index (χ3n) is 3.83. The molecule has 2 rings (SSSR count). The van der Waals surface area contributed by atoms with E-state index in [2.05, 4.69) is 15.5 Å². The Hall–Kier alpha value is -1.43. The molecule has 1 aromatic rings. The Morgan fingerprint density at radius 3 is 2.75 bits per heavy atom. The maximum atomic E-state index is 12.5. The first-order chi connectivity index (χ1) is 9.54. The lowest BCUT2D eigenvalue weighted by molar-refractivity contribution is -0.126. The number of piperazine rings is 1. The number of amides is 1. The molecule has 0 unspecified atom stereocenters. The topological polar surface area (TPSA) is 64.6 Å². The molecule has 0 atom stereocenters. The van der Waals surface area contributed by atoms with Crippen molar-refractivity contribution in [3.8, 4) is 0 Å². The van der Waals surface area contributed by atoms with E-state index in [1.807, 2.05) is 32.0 Å². The number of hydrogen-bond acceptors (Lipinski definition) is 4. The summed E-state index contributed by atoms with van der Waals surface area (Å²) in [5.41, 5.74) is 0.977. The second-order valence-corrected chi connectivity index (χ2v) is 5.61. The molecular formula is C15H23N3O2. The number of aliphatic hydroxyl groups is 1. The van der Waals surface area contributed by atoms with Gasteiger partial charge < -0.3 is 15.7 Å². The van der Waals surface area contributed by atoms with Crippen LogP contribution in [-0.2, 0) is 11.4 Å². The van der Waals surface area contributed by atoms with Crippen LogP contribution in [0.3, 0.4) is 0 Å². The molecule has 1 aliphatic heterocycles. The minimum Gasteiger partial charge on any atom is -0.392 e. The molecular weight excluding hydrogens is 254 g/mol. The maximum Gasteiger partial charge on any atom is 0.244 e. The zero-order valence-electron chi connectivity index (χ0n) is 12.1. The van der Waals surface area contributed by atoms with E-state index in [-0.39, 0.29) is 12.5 Å². The molecule has 0 bridgehead atoms. The Kier molecular flexibility index (Phi) is 4.75. The molecule has 5 nitrogen and oxygen atoms in total. The largest absolute Gasteiger partial charge is 0.392 e. The van der Waals surface area contributed by atoms with Crippen LogP contribution in [0.25, 0.3) is 0 Å². The Morgan fingerprint density at radius 1 is 1.40 bits per heavy atom. The molecule has 0 spiro atoms. The summed E-state index contributed by atoms with van der Waals surface area (Å²) in [5.74, 6) is -0.0190. The van der Waals surface area contributed by atoms with E-state index in [9.17, 15) is 4.79 Å². The molecule has 1 saturated heterocycles. The number of carbonyl (C=O) groups is 1. The number of aliphatic hydroxyl groups excluding tert-OH is 1. The van der Waals surface area contributed by atoms with E-state index >= 15 is 0 Å². The first-order valence-electron chi connectivity index (χ1n) is 7.01. The highest BCUT2D eigenvalue weighted by Crippen LogP contribution is 2.19. The molecule has 1 amide bonds. The van der Waals surface area contributed by atoms with Gasteiger partial charge in [-0.3, -0.25) is 9.69 Å². The van der Waals surface area contributed by atoms with Gasteiger partial charge in [0.05, 0.1) is 12.1 Å². The van der Waals surface area contributed by atoms with Crippen molar-refractivity contribution >= 4 is 11.6 Å². The quantitative estimate of drug-likeness (QED) is 0.762. The van der Waals surface area contributed by atoms with Crippen molar-refractivity contribution in [2.45, 2.75) is 26.0 Å². The van der Waals surface area contributed by atoms with Gasteiger partial charge in [-0.15, -0.1) is 0 Å². The Labute approximate surface area is 120 Å². The fourth-order valence-electron chi connectivity index (χ4n) is 2.40. The van der Waals surface area contributed by atoms with Crippen molar-refractivity contribution in [1.82, 2.24) is 10.2 Å². The van der Waals surface area contributed by atoms with Gasteiger partial charge >= 0.3 is 0 Å². The highest BCUT2D eigenvalue weighted by molar-refractivity contribution is 5.97. The molecule has 0 aliphatic carbocycles. The summed E-state index contributed by atoms with van der Waals surface area (Å²) in [5, 5.41) is 15.4. The summed E-state index contributed by atoms with van der Waals surface area (Å²) in [6.45, 7) is 7.44. The van der Waals surface area contributed by atoms with Gasteiger partial charge in [-0.2, -0.15) is 0 Å². The van der Waals surface area contributed by atoms with Gasteiger partial charge in [-0.25, -0.2) is 0 Å². The van der Waals surface area contributed by atoms with Crippen LogP contribution in [0.1, 0.15) is 19.4 Å². The number of hydrogen-bond donors (Lipinski definition) is 3. The van der Waals surface area contributed by atoms with Crippen molar-refractivity contribution < 1.29 is 9.90 Å². The molecule has 5 heteroatoms. The van der Waals surface area contributed by atoms with Crippen LogP contribution in [0, 0.1) is 0 Å². The van der Waals surface area contributed by atoms with Gasteiger partial charge in [0.2, 0.25) is 5.91 Å². The van der Waals surface area contributed by atoms with Crippen LogP contribution < -0.4 is 10.6 Å². The summed E-state index contributed by atoms with van der Waals surface area (Å²) >= 11 is 0. The highest BCUT2D eigenvalue weighted by atomic mass is 16.3. The third-order valence-corrected chi connectivity index (χ3v) is 3.83. The maximum absolute atomic E-state index is 12.5. The molecule has 1 aromatic carbocycles. The smallest absolute Gasteiger partial charge is 0.244 e. The van der Waals surface area contributed by atoms with Crippen LogP contribution >= 0.6 is 0 Å². The van der Waals surface area contributed by atoms with Gasteiger partial charge in [0.1, 0.15) is 0 Å². The van der Waals surface area contributed by atoms with E-state index in [1.165, 1.54) is 0 Å². The zero-order chi connectivity index (χ0) is 14.6. The fourth-order valence-corrected chi connectivity index (χ4v) is 2.40. The lowest BCUT2D eigenvalue weighted by atomic mass is 10.00. The average molecular weight is 277 g/mol. The van der Waals surface area contributed by atoms with Crippen LogP contribution in [0.15, 0.2) is 24.3 Å². The lowest BCUT2D eigenvalue weighted by Crippen LogP contribution is -2.58. The van der Waals surface area contributed by atoms with Crippen molar-refractivity contribution in [1.29, 1.82) is 0 Å². The normalized spacial score (nSPS) is 16.9. The van der Waals surface area contributed by atoms with Crippen molar-refractivity contribution in [2.24, 2.45) is 0 Å². The van der Waals surface area contributed by atoms with Crippen molar-refractivity contribution in [2.75, 3.05) is 31.5 Å². The van der Waals surface area contributed by atoms with Gasteiger partial charge in [-0.1, -0.05) is 12.1 Å². The number of nitrogens with one attached hydrogen (secondary N) is 2. The molecule has 0 radical (unpaired) electrons. The van der Waals surface area contributed by atoms with Crippen LogP contribution in [0.5, 0.6) is 0 Å². The summed E-state index contributed by atoms with van der Waals surface area (Å²) in [7, 11) is 0. The van der Waals surface area contributed by atoms with E-state index in [1.54, 1.807) is 6.07 Å². The number of rotatable bonds is 4. The first kappa shape index (κ1) is 15.0. The van der Waals surface area contributed by atoms with Gasteiger partial charge in [0.15, 0.2) is 0 Å². The predicted molar refractivity (Wildman–Crippen MR) is 79.5 cm³/mol. The van der Waals surface area contributed by atoms with Gasteiger partial charge in [-0.05, 0) is 31.5 Å². The second kappa shape index (κ2) is 6.35. The Bertz CT molecular complexity index is 468. The molecule has 1 fully saturated rings. The molecule has 3 N–H and O–H groups in total. The fraction of sp³-hybridized carbons (Fsp3) is 0.533. The van der Waals surface area contributed by atoms with E-state index in [0.29, 0.717) is 0 Å². The number of carbonyl (C=O) groups excluding carboxylic acids is 1. The van der Waals surface area contributed by atoms with Crippen molar-refractivity contribution in [3.63, 3.8) is 0 Å². The van der Waals surface area contributed by atoms with E-state index in [0.717, 1.165) is 37.4 Å². The summed E-state index contributed by atoms with van der Waals surface area (Å²) in [4.78, 5) is 14.7. The van der Waals surface area contributed by atoms with Crippen LogP contribution in [-0.4, -0.2) is 47.6 Å². The monoisotopic (exact) mass is 277 g/mol. The third kappa shape index (κ3) is 3.36. The summed E-state index contributed by atoms with van der Waals surface area (Å²) < 4.78 is 0. The molecule has 0 aromatic heterocycles. The molecule has 20 heavy (non-hydrogen) atoms. The number of nitrogens with zero attached hydrogens (tertiary/aromatic N) is 1. The average Bonchev–Trinajstić information content (AvgIpc) is 2.48. The van der Waals surface area contributed by atoms with Crippen molar-refractivity contribution in [3.05, 3.63) is 29.8 Å². The molecule has 0 saturated carbocycles. The van der Waals surface area contributed by atoms with Crippen LogP contribution in [0.2, 0.25) is 0 Å². The van der Waals surface area contributed by atoms with E-state index in [4.69, 9.17) is 5.11 Å². The van der Waals surface area contributed by atoms with Gasteiger partial charge in [0, 0.05) is 31.9 Å². The number of benzene rings is 1. The minimum absolute atomic E-state index is 0.0190. The molecule has 110 valence electrons. The second-order valence-electron chi connectivity index (χ2n) is 5.61. The lowest BCUT2D eigenvalue weighted by Gasteiger charge is -2.39. The van der Waals surface area contributed by atoms with Gasteiger partial charge in [0.25, 0.3) is 0 Å². The summed E-state index contributed by atoms with van der Waals surface area (Å²) in [6, 6.07) is 7.30. The predicted octanol–water partition coefficient (Wildman–Crippen LogP) is 0.801. The molecule has 1 heterocycles. The van der Waals surface area contributed by atoms with Crippen LogP contribution in [0.4, 0.5) is 5.69 Å². The minimum atomic E-state index is -0.544. The van der Waals surface area contributed by atoms with E-state index < -0.39 is 5.54 Å². The zero-order valence-corrected chi connectivity index (χ0v) is 12.1. The molecule has 1 aliphatic rings.